The molecule has 0 fully saturated rings. The van der Waals surface area contributed by atoms with Crippen molar-refractivity contribution in [1.82, 2.24) is 27.9 Å². The van der Waals surface area contributed by atoms with Crippen LogP contribution in [0.4, 0.5) is 0 Å². The molecule has 214 valence electrons. The zero-order chi connectivity index (χ0) is 33.7. The lowest BCUT2D eigenvalue weighted by Crippen LogP contribution is -2.00. The van der Waals surface area contributed by atoms with Gasteiger partial charge in [-0.1, -0.05) is 81.2 Å². The Hall–Kier alpha value is -5.36. The summed E-state index contributed by atoms with van der Waals surface area (Å²) in [5, 5.41) is 0. The molecule has 0 bridgehead atoms. The van der Waals surface area contributed by atoms with Crippen LogP contribution in [0.3, 0.4) is 0 Å². The van der Waals surface area contributed by atoms with E-state index in [1.165, 1.54) is 0 Å². The summed E-state index contributed by atoms with van der Waals surface area (Å²) in [6.07, 6.45) is -0.592. The molecule has 6 heteroatoms. The van der Waals surface area contributed by atoms with Crippen LogP contribution in [0.1, 0.15) is 44.6 Å². The summed E-state index contributed by atoms with van der Waals surface area (Å²) in [6.45, 7) is -0.407. The predicted molar refractivity (Wildman–Crippen MR) is 181 cm³/mol. The number of aromatic nitrogens is 6. The van der Waals surface area contributed by atoms with E-state index >= 15 is 0 Å². The first-order valence-electron chi connectivity index (χ1n) is 17.5. The van der Waals surface area contributed by atoms with Crippen LogP contribution in [0.5, 0.6) is 0 Å². The van der Waals surface area contributed by atoms with E-state index in [1.807, 2.05) is 60.7 Å². The van der Waals surface area contributed by atoms with E-state index in [2.05, 4.69) is 66.5 Å². The van der Waals surface area contributed by atoms with Gasteiger partial charge in [0.2, 0.25) is 11.6 Å². The van der Waals surface area contributed by atoms with Crippen molar-refractivity contribution in [3.8, 4) is 11.4 Å². The lowest BCUT2D eigenvalue weighted by molar-refractivity contribution is 0.927. The fraction of sp³-hybridized carbons (Fsp3) is 0.158. The lowest BCUT2D eigenvalue weighted by Gasteiger charge is -2.10. The second-order valence-electron chi connectivity index (χ2n) is 11.3. The Morgan fingerprint density at radius 1 is 0.568 bits per heavy atom. The smallest absolute Gasteiger partial charge is 0.220 e. The van der Waals surface area contributed by atoms with Gasteiger partial charge in [0.05, 0.1) is 55.5 Å². The highest BCUT2D eigenvalue weighted by atomic mass is 15.2. The monoisotopic (exact) mass is 577 g/mol. The maximum atomic E-state index is 8.24. The number of nitrogens with zero attached hydrogens (tertiary/aromatic N) is 6. The molecular weight excluding hydrogens is 540 g/mol. The second-order valence-corrected chi connectivity index (χ2v) is 11.3. The first-order valence-corrected chi connectivity index (χ1v) is 15.0. The van der Waals surface area contributed by atoms with Crippen molar-refractivity contribution in [2.24, 2.45) is 0 Å². The van der Waals surface area contributed by atoms with Crippen LogP contribution in [-0.2, 0) is 12.8 Å². The number of fused-ring (bicyclic) bond motifs is 10. The summed E-state index contributed by atoms with van der Waals surface area (Å²) in [6, 6.07) is 36.9. The third kappa shape index (κ3) is 3.42. The fourth-order valence-corrected chi connectivity index (χ4v) is 6.92. The molecule has 9 aromatic rings. The Balaban J connectivity index is 1.28. The first-order chi connectivity index (χ1) is 23.6. The van der Waals surface area contributed by atoms with Crippen molar-refractivity contribution in [3.05, 3.63) is 120 Å². The van der Waals surface area contributed by atoms with Crippen LogP contribution < -0.4 is 0 Å². The van der Waals surface area contributed by atoms with E-state index in [0.717, 1.165) is 78.2 Å². The van der Waals surface area contributed by atoms with Gasteiger partial charge >= 0.3 is 0 Å². The molecule has 44 heavy (non-hydrogen) atoms. The number of hydrogen-bond acceptors (Lipinski definition) is 2. The Kier molecular flexibility index (Phi) is 4.47. The van der Waals surface area contributed by atoms with Crippen LogP contribution in [0.25, 0.3) is 67.1 Å². The lowest BCUT2D eigenvalue weighted by atomic mass is 10.1. The summed E-state index contributed by atoms with van der Waals surface area (Å²) in [4.78, 5) is 10.4. The second kappa shape index (κ2) is 9.58. The Morgan fingerprint density at radius 2 is 1.05 bits per heavy atom. The summed E-state index contributed by atoms with van der Waals surface area (Å²) in [5.41, 5.74) is 11.2. The first kappa shape index (κ1) is 20.5. The molecule has 0 aliphatic carbocycles. The number of hydrogen-bond donors (Lipinski definition) is 0. The highest BCUT2D eigenvalue weighted by Crippen LogP contribution is 2.34. The highest BCUT2D eigenvalue weighted by Gasteiger charge is 2.21. The molecule has 4 heterocycles. The average molecular weight is 578 g/mol. The zero-order valence-corrected chi connectivity index (χ0v) is 24.2. The molecule has 4 aromatic heterocycles. The van der Waals surface area contributed by atoms with E-state index in [1.54, 1.807) is 6.92 Å². The Morgan fingerprint density at radius 3 is 1.57 bits per heavy atom. The maximum Gasteiger partial charge on any atom is 0.220 e. The predicted octanol–water partition coefficient (Wildman–Crippen LogP) is 9.08. The topological polar surface area (TPSA) is 44.5 Å². The summed E-state index contributed by atoms with van der Waals surface area (Å²) in [7, 11) is 0. The number of rotatable bonds is 6. The minimum atomic E-state index is -2.01. The van der Waals surface area contributed by atoms with Crippen molar-refractivity contribution >= 4 is 55.7 Å². The standard InChI is InChI=1S/C38H32N6/c1-3-12-25-14-9-22-33-35(25)39-37-41(29-18-5-7-20-31(29)43(33)37)27-16-11-17-28(24-27)42-30-19-6-8-21-32(30)44-34-23-10-15-26(13-4-2)36(34)40-38(42)44/h5-11,14-24H,3-4,12-13H2,1-2H3/i1D3,4D2. The van der Waals surface area contributed by atoms with Crippen molar-refractivity contribution in [2.75, 3.05) is 0 Å². The van der Waals surface area contributed by atoms with Gasteiger partial charge in [-0.05, 0) is 78.6 Å². The van der Waals surface area contributed by atoms with E-state index < -0.39 is 13.2 Å². The highest BCUT2D eigenvalue weighted by molar-refractivity contribution is 5.95. The zero-order valence-electron chi connectivity index (χ0n) is 29.2. The third-order valence-corrected chi connectivity index (χ3v) is 8.74. The van der Waals surface area contributed by atoms with E-state index in [-0.39, 0.29) is 12.8 Å². The number of para-hydroxylation sites is 6. The van der Waals surface area contributed by atoms with Gasteiger partial charge in [-0.25, -0.2) is 9.97 Å². The van der Waals surface area contributed by atoms with Gasteiger partial charge in [0.15, 0.2) is 0 Å². The van der Waals surface area contributed by atoms with Crippen molar-refractivity contribution in [2.45, 2.75) is 39.4 Å². The van der Waals surface area contributed by atoms with Gasteiger partial charge in [0, 0.05) is 6.85 Å². The summed E-state index contributed by atoms with van der Waals surface area (Å²) in [5.74, 6) is 1.51. The van der Waals surface area contributed by atoms with Crippen molar-refractivity contribution in [3.63, 3.8) is 0 Å². The molecule has 0 saturated carbocycles. The molecule has 0 aliphatic heterocycles. The largest absolute Gasteiger partial charge is 0.278 e. The van der Waals surface area contributed by atoms with Gasteiger partial charge in [0.25, 0.3) is 0 Å². The van der Waals surface area contributed by atoms with Gasteiger partial charge in [0.1, 0.15) is 0 Å². The minimum absolute atomic E-state index is 0.0891. The minimum Gasteiger partial charge on any atom is -0.278 e. The molecule has 0 unspecified atom stereocenters. The third-order valence-electron chi connectivity index (χ3n) is 8.74. The van der Waals surface area contributed by atoms with Gasteiger partial charge < -0.3 is 0 Å². The SMILES string of the molecule is [2H]C([2H])([2H])CCc1cccc2c1nc1n(-c3cccc(-n4c5ccccc5n5c6cccc(CC([2H])([2H])C)c6nc45)c3)c3ccccc3n21. The molecule has 0 atom stereocenters. The molecule has 0 saturated heterocycles. The van der Waals surface area contributed by atoms with E-state index in [4.69, 9.17) is 16.8 Å². The molecule has 5 aromatic carbocycles. The number of aryl methyl sites for hydroxylation is 2. The van der Waals surface area contributed by atoms with Crippen LogP contribution in [0, 0.1) is 0 Å². The van der Waals surface area contributed by atoms with Gasteiger partial charge in [-0.2, -0.15) is 0 Å². The average Bonchev–Trinajstić information content (AvgIpc) is 3.80. The fourth-order valence-electron chi connectivity index (χ4n) is 6.92. The molecule has 0 spiro atoms. The molecule has 0 N–H and O–H groups in total. The molecule has 9 rings (SSSR count). The van der Waals surface area contributed by atoms with E-state index in [0.29, 0.717) is 6.42 Å². The van der Waals surface area contributed by atoms with Crippen LogP contribution in [0.15, 0.2) is 109 Å². The Bertz CT molecular complexity index is 2740. The van der Waals surface area contributed by atoms with E-state index in [9.17, 15) is 0 Å². The van der Waals surface area contributed by atoms with Crippen molar-refractivity contribution in [1.29, 1.82) is 0 Å². The van der Waals surface area contributed by atoms with Crippen LogP contribution in [0.2, 0.25) is 0 Å². The molecule has 0 amide bonds. The normalized spacial score (nSPS) is 14.5. The Labute approximate surface area is 261 Å². The number of imidazole rings is 4. The van der Waals surface area contributed by atoms with Crippen LogP contribution in [-0.4, -0.2) is 27.9 Å². The molecule has 0 radical (unpaired) electrons. The molecular formula is C38H32N6. The van der Waals surface area contributed by atoms with Crippen LogP contribution >= 0.6 is 0 Å². The summed E-state index contributed by atoms with van der Waals surface area (Å²) < 4.78 is 48.4. The van der Waals surface area contributed by atoms with Crippen molar-refractivity contribution < 1.29 is 6.85 Å². The number of benzene rings is 5. The van der Waals surface area contributed by atoms with Gasteiger partial charge in [-0.3, -0.25) is 17.9 Å². The summed E-state index contributed by atoms with van der Waals surface area (Å²) >= 11 is 0. The quantitative estimate of drug-likeness (QED) is 0.198. The van der Waals surface area contributed by atoms with Gasteiger partial charge in [-0.15, -0.1) is 0 Å². The maximum absolute atomic E-state index is 8.24. The molecule has 0 aliphatic rings. The molecule has 6 nitrogen and oxygen atoms in total.